The molecule has 0 saturated heterocycles. The first kappa shape index (κ1) is 24.1. The summed E-state index contributed by atoms with van der Waals surface area (Å²) in [4.78, 5) is 24.6. The molecule has 2 rings (SSSR count). The van der Waals surface area contributed by atoms with E-state index in [1.54, 1.807) is 0 Å². The van der Waals surface area contributed by atoms with E-state index < -0.39 is 12.5 Å². The van der Waals surface area contributed by atoms with E-state index in [1.807, 2.05) is 25.1 Å². The van der Waals surface area contributed by atoms with Crippen molar-refractivity contribution < 1.29 is 27.8 Å². The van der Waals surface area contributed by atoms with E-state index in [2.05, 4.69) is 41.4 Å². The molecule has 0 radical (unpaired) electrons. The third kappa shape index (κ3) is 7.24. The molecule has 0 spiro atoms. The summed E-state index contributed by atoms with van der Waals surface area (Å²) in [5, 5.41) is 5.40. The lowest BCUT2D eigenvalue weighted by Crippen LogP contribution is -2.42. The first-order valence-electron chi connectivity index (χ1n) is 9.88. The van der Waals surface area contributed by atoms with Crippen LogP contribution in [0.25, 0.3) is 0 Å². The van der Waals surface area contributed by atoms with Crippen molar-refractivity contribution >= 4 is 11.8 Å². The smallest absolute Gasteiger partial charge is 0.387 e. The van der Waals surface area contributed by atoms with E-state index in [-0.39, 0.29) is 41.0 Å². The van der Waals surface area contributed by atoms with Crippen molar-refractivity contribution in [3.63, 3.8) is 0 Å². The molecule has 0 aliphatic carbocycles. The van der Waals surface area contributed by atoms with Crippen molar-refractivity contribution in [2.45, 2.75) is 45.3 Å². The van der Waals surface area contributed by atoms with Gasteiger partial charge in [0.05, 0.1) is 13.7 Å². The summed E-state index contributed by atoms with van der Waals surface area (Å²) in [6, 6.07) is 13.7. The minimum absolute atomic E-state index is 0.00540. The predicted molar refractivity (Wildman–Crippen MR) is 114 cm³/mol. The normalized spacial score (nSPS) is 12.2. The van der Waals surface area contributed by atoms with Gasteiger partial charge in [0, 0.05) is 11.6 Å². The fourth-order valence-electron chi connectivity index (χ4n) is 3.41. The van der Waals surface area contributed by atoms with Gasteiger partial charge in [-0.25, -0.2) is 0 Å². The highest BCUT2D eigenvalue weighted by atomic mass is 19.3. The summed E-state index contributed by atoms with van der Waals surface area (Å²) in [6.45, 7) is 2.92. The third-order valence-corrected chi connectivity index (χ3v) is 4.83. The molecule has 2 aromatic carbocycles. The number of carbonyl (C=O) groups excluding carboxylic acids is 2. The lowest BCUT2D eigenvalue weighted by atomic mass is 9.79. The van der Waals surface area contributed by atoms with Crippen LogP contribution in [-0.4, -0.2) is 38.1 Å². The maximum atomic E-state index is 12.4. The van der Waals surface area contributed by atoms with Crippen LogP contribution >= 0.6 is 0 Å². The van der Waals surface area contributed by atoms with E-state index in [0.717, 1.165) is 6.42 Å². The lowest BCUT2D eigenvalue weighted by molar-refractivity contribution is -0.120. The van der Waals surface area contributed by atoms with Crippen LogP contribution in [0.4, 0.5) is 8.78 Å². The molecule has 168 valence electrons. The zero-order valence-electron chi connectivity index (χ0n) is 18.1. The van der Waals surface area contributed by atoms with Crippen molar-refractivity contribution in [1.82, 2.24) is 10.6 Å². The van der Waals surface area contributed by atoms with E-state index in [4.69, 9.17) is 4.74 Å². The number of methoxy groups -OCH3 is 1. The fourth-order valence-corrected chi connectivity index (χ4v) is 3.41. The Balaban J connectivity index is 1.88. The zero-order valence-corrected chi connectivity index (χ0v) is 18.1. The van der Waals surface area contributed by atoms with E-state index in [1.165, 1.54) is 30.9 Å². The molecule has 8 heteroatoms. The molecule has 0 saturated carbocycles. The number of amides is 2. The standard InChI is InChI=1S/C23H28F2N2O4/c1-15(13-23(2,3)17-8-6-5-7-9-17)27-20(28)14-26-21(29)16-10-11-18(31-22(24)25)19(12-16)30-4/h5-12,15,22H,13-14H2,1-4H3,(H,26,29)(H,27,28). The molecule has 0 heterocycles. The molecule has 2 N–H and O–H groups in total. The van der Waals surface area contributed by atoms with E-state index in [0.29, 0.717) is 0 Å². The van der Waals surface area contributed by atoms with Gasteiger partial charge in [-0.2, -0.15) is 8.78 Å². The topological polar surface area (TPSA) is 76.7 Å². The number of hydrogen-bond donors (Lipinski definition) is 2. The van der Waals surface area contributed by atoms with Crippen molar-refractivity contribution in [1.29, 1.82) is 0 Å². The molecule has 0 aromatic heterocycles. The van der Waals surface area contributed by atoms with Gasteiger partial charge in [-0.15, -0.1) is 0 Å². The summed E-state index contributed by atoms with van der Waals surface area (Å²) in [6.07, 6.45) is 0.722. The summed E-state index contributed by atoms with van der Waals surface area (Å²) in [5.74, 6) is -1.04. The van der Waals surface area contributed by atoms with Gasteiger partial charge in [0.15, 0.2) is 11.5 Å². The van der Waals surface area contributed by atoms with Crippen LogP contribution in [-0.2, 0) is 10.2 Å². The minimum Gasteiger partial charge on any atom is -0.493 e. The number of benzene rings is 2. The van der Waals surface area contributed by atoms with Gasteiger partial charge in [-0.05, 0) is 42.5 Å². The minimum atomic E-state index is -3.01. The Morgan fingerprint density at radius 2 is 1.74 bits per heavy atom. The number of hydrogen-bond acceptors (Lipinski definition) is 4. The molecule has 0 fully saturated rings. The Kier molecular flexibility index (Phi) is 8.36. The SMILES string of the molecule is COc1cc(C(=O)NCC(=O)NC(C)CC(C)(C)c2ccccc2)ccc1OC(F)F. The first-order valence-corrected chi connectivity index (χ1v) is 9.88. The monoisotopic (exact) mass is 434 g/mol. The second kappa shape index (κ2) is 10.7. The van der Waals surface area contributed by atoms with Gasteiger partial charge < -0.3 is 20.1 Å². The number of halogens is 2. The fraction of sp³-hybridized carbons (Fsp3) is 0.391. The number of carbonyl (C=O) groups is 2. The van der Waals surface area contributed by atoms with Crippen molar-refractivity contribution in [3.05, 3.63) is 59.7 Å². The third-order valence-electron chi connectivity index (χ3n) is 4.83. The van der Waals surface area contributed by atoms with Crippen LogP contribution < -0.4 is 20.1 Å². The van der Waals surface area contributed by atoms with Crippen LogP contribution in [0.5, 0.6) is 11.5 Å². The second-order valence-electron chi connectivity index (χ2n) is 7.85. The molecular formula is C23H28F2N2O4. The molecule has 6 nitrogen and oxygen atoms in total. The maximum absolute atomic E-state index is 12.4. The Bertz CT molecular complexity index is 888. The van der Waals surface area contributed by atoms with Crippen LogP contribution in [0.15, 0.2) is 48.5 Å². The largest absolute Gasteiger partial charge is 0.493 e. The van der Waals surface area contributed by atoms with Gasteiger partial charge in [-0.1, -0.05) is 44.2 Å². The average Bonchev–Trinajstić information content (AvgIpc) is 2.72. The maximum Gasteiger partial charge on any atom is 0.387 e. The number of alkyl halides is 2. The summed E-state index contributed by atoms with van der Waals surface area (Å²) in [7, 11) is 1.28. The Morgan fingerprint density at radius 3 is 2.35 bits per heavy atom. The van der Waals surface area contributed by atoms with E-state index >= 15 is 0 Å². The number of nitrogens with one attached hydrogen (secondary N) is 2. The van der Waals surface area contributed by atoms with Gasteiger partial charge in [0.2, 0.25) is 5.91 Å². The molecule has 0 aliphatic rings. The molecule has 2 amide bonds. The van der Waals surface area contributed by atoms with Crippen molar-refractivity contribution in [2.24, 2.45) is 0 Å². The van der Waals surface area contributed by atoms with Crippen LogP contribution in [0.1, 0.15) is 43.1 Å². The number of ether oxygens (including phenoxy) is 2. The Labute approximate surface area is 180 Å². The highest BCUT2D eigenvalue weighted by Gasteiger charge is 2.24. The summed E-state index contributed by atoms with van der Waals surface area (Å²) in [5.41, 5.74) is 1.21. The summed E-state index contributed by atoms with van der Waals surface area (Å²) < 4.78 is 34.1. The molecule has 0 aliphatic heterocycles. The van der Waals surface area contributed by atoms with Crippen molar-refractivity contribution in [3.8, 4) is 11.5 Å². The van der Waals surface area contributed by atoms with Gasteiger partial charge in [0.1, 0.15) is 0 Å². The highest BCUT2D eigenvalue weighted by Crippen LogP contribution is 2.29. The van der Waals surface area contributed by atoms with Gasteiger partial charge >= 0.3 is 6.61 Å². The van der Waals surface area contributed by atoms with E-state index in [9.17, 15) is 18.4 Å². The predicted octanol–water partition coefficient (Wildman–Crippen LogP) is 3.90. The highest BCUT2D eigenvalue weighted by molar-refractivity contribution is 5.97. The van der Waals surface area contributed by atoms with Crippen LogP contribution in [0.3, 0.4) is 0 Å². The Morgan fingerprint density at radius 1 is 1.06 bits per heavy atom. The van der Waals surface area contributed by atoms with Crippen LogP contribution in [0, 0.1) is 0 Å². The van der Waals surface area contributed by atoms with Gasteiger partial charge in [-0.3, -0.25) is 9.59 Å². The number of rotatable bonds is 10. The zero-order chi connectivity index (χ0) is 23.0. The van der Waals surface area contributed by atoms with Crippen molar-refractivity contribution in [2.75, 3.05) is 13.7 Å². The second-order valence-corrected chi connectivity index (χ2v) is 7.85. The first-order chi connectivity index (χ1) is 14.6. The average molecular weight is 434 g/mol. The summed E-state index contributed by atoms with van der Waals surface area (Å²) >= 11 is 0. The molecule has 1 unspecified atom stereocenters. The molecule has 0 bridgehead atoms. The molecule has 1 atom stereocenters. The molecule has 2 aromatic rings. The van der Waals surface area contributed by atoms with Crippen LogP contribution in [0.2, 0.25) is 0 Å². The molecular weight excluding hydrogens is 406 g/mol. The lowest BCUT2D eigenvalue weighted by Gasteiger charge is -2.29. The Hall–Kier alpha value is -3.16. The van der Waals surface area contributed by atoms with Gasteiger partial charge in [0.25, 0.3) is 5.91 Å². The quantitative estimate of drug-likeness (QED) is 0.595. The molecule has 31 heavy (non-hydrogen) atoms.